The summed E-state index contributed by atoms with van der Waals surface area (Å²) in [6.45, 7) is 0. The minimum atomic E-state index is -1.68. The van der Waals surface area contributed by atoms with Gasteiger partial charge in [0.2, 0.25) is 23.6 Å². The summed E-state index contributed by atoms with van der Waals surface area (Å²) in [4.78, 5) is 61.3. The van der Waals surface area contributed by atoms with Gasteiger partial charge in [-0.2, -0.15) is 0 Å². The van der Waals surface area contributed by atoms with Gasteiger partial charge < -0.3 is 0 Å². The summed E-state index contributed by atoms with van der Waals surface area (Å²) in [7, 11) is -3.37. The number of fused-ring (bicyclic) bond motifs is 4. The van der Waals surface area contributed by atoms with Gasteiger partial charge in [-0.15, -0.1) is 0 Å². The summed E-state index contributed by atoms with van der Waals surface area (Å²) < 4.78 is 0. The van der Waals surface area contributed by atoms with E-state index in [9.17, 15) is 0 Å². The van der Waals surface area contributed by atoms with E-state index in [1.807, 2.05) is 109 Å². The second kappa shape index (κ2) is 17.0. The zero-order valence-electron chi connectivity index (χ0n) is 34.7. The van der Waals surface area contributed by atoms with E-state index >= 15 is 19.2 Å². The van der Waals surface area contributed by atoms with E-state index in [1.54, 1.807) is 20.0 Å². The third-order valence-electron chi connectivity index (χ3n) is 14.3. The molecule has 2 saturated carbocycles. The number of carbonyl (C=O) groups excluding carboxylic acids is 4. The van der Waals surface area contributed by atoms with Gasteiger partial charge in [0.25, 0.3) is 0 Å². The SMILES string of the molecule is O=C1[C@H]2CCCC[C@@H]2C(=O)N2[C@H](c3ccccc3Cl)P(c3ccccc3P3[C@@H](c4ccccc4Cl)N4C(=O)[C@H]5CCCC[C@@H]5C(=O)N4[C@@H]3c3ccccc3Cl)[C@@H](c3ccccc3Cl)N12. The third-order valence-corrected chi connectivity index (χ3v) is 21.9. The number of carbonyl (C=O) groups is 4. The van der Waals surface area contributed by atoms with E-state index in [0.717, 1.165) is 58.5 Å². The Morgan fingerprint density at radius 3 is 0.797 bits per heavy atom. The molecule has 4 amide bonds. The maximum atomic E-state index is 15.3. The van der Waals surface area contributed by atoms with Gasteiger partial charge >= 0.3 is 0 Å². The fourth-order valence-corrected chi connectivity index (χ4v) is 20.2. The Kier molecular flexibility index (Phi) is 11.3. The van der Waals surface area contributed by atoms with Crippen LogP contribution in [0.25, 0.3) is 0 Å². The zero-order valence-corrected chi connectivity index (χ0v) is 39.5. The van der Waals surface area contributed by atoms with Crippen LogP contribution in [0.1, 0.15) is 96.8 Å². The molecule has 4 saturated heterocycles. The van der Waals surface area contributed by atoms with E-state index in [0.29, 0.717) is 45.8 Å². The second-order valence-electron chi connectivity index (χ2n) is 17.6. The highest BCUT2D eigenvalue weighted by molar-refractivity contribution is 7.73. The van der Waals surface area contributed by atoms with Crippen molar-refractivity contribution in [2.24, 2.45) is 23.7 Å². The molecular weight excluding hydrogens is 924 g/mol. The summed E-state index contributed by atoms with van der Waals surface area (Å²) in [5, 5.41) is 10.8. The molecule has 64 heavy (non-hydrogen) atoms. The molecular formula is C50H44Cl4N4O4P2. The number of hydrazine groups is 2. The Hall–Kier alpha value is -4.00. The van der Waals surface area contributed by atoms with Crippen molar-refractivity contribution in [3.8, 4) is 0 Å². The van der Waals surface area contributed by atoms with Gasteiger partial charge in [-0.25, -0.2) is 20.0 Å². The van der Waals surface area contributed by atoms with E-state index < -0.39 is 62.6 Å². The highest BCUT2D eigenvalue weighted by Gasteiger charge is 2.64. The predicted octanol–water partition coefficient (Wildman–Crippen LogP) is 12.1. The lowest BCUT2D eigenvalue weighted by Gasteiger charge is -2.46. The summed E-state index contributed by atoms with van der Waals surface area (Å²) >= 11 is 29.0. The van der Waals surface area contributed by atoms with Gasteiger partial charge in [0, 0.05) is 20.1 Å². The fourth-order valence-electron chi connectivity index (χ4n) is 11.5. The van der Waals surface area contributed by atoms with Crippen LogP contribution in [0.5, 0.6) is 0 Å². The number of hydrogen-bond acceptors (Lipinski definition) is 4. The molecule has 0 bridgehead atoms. The van der Waals surface area contributed by atoms with Crippen molar-refractivity contribution < 1.29 is 19.2 Å². The third kappa shape index (κ3) is 6.60. The number of hydrogen-bond donors (Lipinski definition) is 0. The van der Waals surface area contributed by atoms with E-state index in [4.69, 9.17) is 46.4 Å². The van der Waals surface area contributed by atoms with Crippen LogP contribution in [0, 0.1) is 23.7 Å². The maximum absolute atomic E-state index is 15.3. The Balaban J connectivity index is 1.21. The Bertz CT molecular complexity index is 2380. The maximum Gasteiger partial charge on any atom is 0.246 e. The predicted molar refractivity (Wildman–Crippen MR) is 255 cm³/mol. The summed E-state index contributed by atoms with van der Waals surface area (Å²) in [5.41, 5.74) is 2.95. The van der Waals surface area contributed by atoms with Crippen molar-refractivity contribution in [3.63, 3.8) is 0 Å². The molecule has 6 fully saturated rings. The average Bonchev–Trinajstić information content (AvgIpc) is 3.85. The monoisotopic (exact) mass is 966 g/mol. The molecule has 326 valence electrons. The summed E-state index contributed by atoms with van der Waals surface area (Å²) in [5.74, 6) is -4.79. The molecule has 5 aromatic carbocycles. The van der Waals surface area contributed by atoms with Crippen LogP contribution in [0.2, 0.25) is 20.1 Å². The highest BCUT2D eigenvalue weighted by atomic mass is 35.5. The summed E-state index contributed by atoms with van der Waals surface area (Å²) in [6.07, 6.45) is 6.05. The number of rotatable bonds is 6. The molecule has 0 aromatic heterocycles. The summed E-state index contributed by atoms with van der Waals surface area (Å²) in [6, 6.07) is 38.7. The van der Waals surface area contributed by atoms with E-state index in [-0.39, 0.29) is 23.6 Å². The molecule has 2 aliphatic carbocycles. The number of amides is 4. The molecule has 0 N–H and O–H groups in total. The molecule has 5 aromatic rings. The van der Waals surface area contributed by atoms with Crippen molar-refractivity contribution in [2.45, 2.75) is 74.5 Å². The Labute approximate surface area is 395 Å². The molecule has 11 rings (SSSR count). The molecule has 0 spiro atoms. The average molecular weight is 969 g/mol. The topological polar surface area (TPSA) is 81.2 Å². The second-order valence-corrected chi connectivity index (χ2v) is 23.8. The van der Waals surface area contributed by atoms with Gasteiger partial charge in [-0.05, 0) is 98.7 Å². The van der Waals surface area contributed by atoms with Crippen LogP contribution in [0.3, 0.4) is 0 Å². The minimum Gasteiger partial charge on any atom is -0.273 e. The van der Waals surface area contributed by atoms with E-state index in [1.165, 1.54) is 0 Å². The zero-order chi connectivity index (χ0) is 44.0. The molecule has 8 nitrogen and oxygen atoms in total. The van der Waals surface area contributed by atoms with Crippen LogP contribution in [0.4, 0.5) is 0 Å². The minimum absolute atomic E-state index is 0.0785. The van der Waals surface area contributed by atoms with Crippen LogP contribution in [0.15, 0.2) is 121 Å². The largest absolute Gasteiger partial charge is 0.273 e. The van der Waals surface area contributed by atoms with Gasteiger partial charge in [0.05, 0.1) is 23.7 Å². The number of nitrogens with zero attached hydrogens (tertiary/aromatic N) is 4. The lowest BCUT2D eigenvalue weighted by Crippen LogP contribution is -2.59. The normalized spacial score (nSPS) is 28.3. The lowest BCUT2D eigenvalue weighted by atomic mass is 9.76. The van der Waals surface area contributed by atoms with Crippen LogP contribution in [-0.4, -0.2) is 43.7 Å². The number of halogens is 4. The Morgan fingerprint density at radius 2 is 0.562 bits per heavy atom. The van der Waals surface area contributed by atoms with Crippen molar-refractivity contribution in [1.29, 1.82) is 0 Å². The lowest BCUT2D eigenvalue weighted by molar-refractivity contribution is -0.185. The van der Waals surface area contributed by atoms with Crippen molar-refractivity contribution in [3.05, 3.63) is 164 Å². The first-order valence-electron chi connectivity index (χ1n) is 22.1. The number of benzene rings is 5. The molecule has 4 heterocycles. The fraction of sp³-hybridized carbons (Fsp3) is 0.320. The highest BCUT2D eigenvalue weighted by Crippen LogP contribution is 2.75. The first-order chi connectivity index (χ1) is 31.2. The van der Waals surface area contributed by atoms with Gasteiger partial charge in [-0.1, -0.05) is 169 Å². The molecule has 14 heteroatoms. The van der Waals surface area contributed by atoms with Crippen molar-refractivity contribution >= 4 is 96.5 Å². The van der Waals surface area contributed by atoms with Gasteiger partial charge in [-0.3, -0.25) is 19.2 Å². The Morgan fingerprint density at radius 1 is 0.344 bits per heavy atom. The first-order valence-corrected chi connectivity index (χ1v) is 26.6. The van der Waals surface area contributed by atoms with Crippen LogP contribution in [-0.2, 0) is 19.2 Å². The van der Waals surface area contributed by atoms with Crippen LogP contribution < -0.4 is 10.6 Å². The first kappa shape index (κ1) is 42.6. The molecule has 4 aliphatic heterocycles. The van der Waals surface area contributed by atoms with Gasteiger partial charge in [0.1, 0.15) is 23.1 Å². The quantitative estimate of drug-likeness (QED) is 0.159. The molecule has 6 aliphatic rings. The molecule has 0 unspecified atom stereocenters. The van der Waals surface area contributed by atoms with Crippen LogP contribution >= 0.6 is 62.2 Å². The van der Waals surface area contributed by atoms with Gasteiger partial charge in [0.15, 0.2) is 0 Å². The molecule has 0 radical (unpaired) electrons. The van der Waals surface area contributed by atoms with E-state index in [2.05, 4.69) is 12.1 Å². The van der Waals surface area contributed by atoms with Crippen molar-refractivity contribution in [1.82, 2.24) is 20.0 Å². The standard InChI is InChI=1S/C50H44Cl4N4O4P2/c51-37-23-9-5-19-33(37)47-55-43(59)29-15-1-2-16-30(29)44(60)56(55)48(34-20-6-10-24-38(34)52)63(47)41-27-13-14-28-42(41)64-49(35-21-7-11-25-39(35)53)57-45(61)31-17-3-4-18-32(31)46(62)58(57)50(64)36-22-8-12-26-40(36)54/h5-14,19-32,47-50H,1-4,15-18H2/t29-,30-,31-,32-,47-,48-,49-,50-/m0/s1. The smallest absolute Gasteiger partial charge is 0.246 e. The molecule has 8 atom stereocenters. The van der Waals surface area contributed by atoms with Crippen molar-refractivity contribution in [2.75, 3.05) is 0 Å².